The number of aryl methyl sites for hydroxylation is 1. The number of amides is 1. The summed E-state index contributed by atoms with van der Waals surface area (Å²) in [5.41, 5.74) is 1.44. The van der Waals surface area contributed by atoms with Crippen LogP contribution in [0.15, 0.2) is 23.1 Å². The molecule has 2 aliphatic heterocycles. The quantitative estimate of drug-likeness (QED) is 0.854. The zero-order valence-electron chi connectivity index (χ0n) is 15.0. The van der Waals surface area contributed by atoms with Crippen molar-refractivity contribution in [3.63, 3.8) is 0 Å². The first kappa shape index (κ1) is 18.4. The van der Waals surface area contributed by atoms with E-state index in [4.69, 9.17) is 0 Å². The van der Waals surface area contributed by atoms with Gasteiger partial charge in [0.1, 0.15) is 0 Å². The summed E-state index contributed by atoms with van der Waals surface area (Å²) in [6.07, 6.45) is 2.87. The van der Waals surface area contributed by atoms with Crippen LogP contribution in [0.4, 0.5) is 0 Å². The molecule has 6 nitrogen and oxygen atoms in total. The molecule has 2 aliphatic rings. The van der Waals surface area contributed by atoms with Crippen molar-refractivity contribution in [3.05, 3.63) is 29.3 Å². The van der Waals surface area contributed by atoms with E-state index >= 15 is 0 Å². The number of hydrogen-bond donors (Lipinski definition) is 1. The number of sulfone groups is 1. The first-order valence-electron chi connectivity index (χ1n) is 8.97. The summed E-state index contributed by atoms with van der Waals surface area (Å²) in [5, 5.41) is 3.35. The monoisotopic (exact) mass is 365 g/mol. The molecule has 138 valence electrons. The zero-order chi connectivity index (χ0) is 18.0. The number of hydrogen-bond acceptors (Lipinski definition) is 5. The number of benzene rings is 1. The van der Waals surface area contributed by atoms with Gasteiger partial charge in [-0.1, -0.05) is 13.0 Å². The molecule has 1 unspecified atom stereocenters. The second kappa shape index (κ2) is 7.43. The topological polar surface area (TPSA) is 69.7 Å². The van der Waals surface area contributed by atoms with Gasteiger partial charge < -0.3 is 10.2 Å². The van der Waals surface area contributed by atoms with Gasteiger partial charge in [0, 0.05) is 57.1 Å². The van der Waals surface area contributed by atoms with Gasteiger partial charge in [-0.25, -0.2) is 8.42 Å². The maximum Gasteiger partial charge on any atom is 0.254 e. The highest BCUT2D eigenvalue weighted by molar-refractivity contribution is 7.90. The fraction of sp³-hybridized carbons (Fsp3) is 0.611. The molecule has 2 saturated heterocycles. The number of nitrogens with zero attached hydrogens (tertiary/aromatic N) is 2. The van der Waals surface area contributed by atoms with E-state index in [0.29, 0.717) is 18.0 Å². The zero-order valence-corrected chi connectivity index (χ0v) is 15.8. The molecule has 7 heteroatoms. The molecule has 2 fully saturated rings. The molecule has 0 aromatic heterocycles. The molecule has 0 spiro atoms. The van der Waals surface area contributed by atoms with Gasteiger partial charge in [0.2, 0.25) is 0 Å². The highest BCUT2D eigenvalue weighted by atomic mass is 32.2. The Morgan fingerprint density at radius 2 is 1.96 bits per heavy atom. The van der Waals surface area contributed by atoms with E-state index < -0.39 is 9.84 Å². The summed E-state index contributed by atoms with van der Waals surface area (Å²) < 4.78 is 23.7. The SMILES string of the molecule is CCc1ccc(S(C)(=O)=O)cc1C(=O)N1CCC(N2CCNCC2)C1. The van der Waals surface area contributed by atoms with Gasteiger partial charge in [0.15, 0.2) is 9.84 Å². The highest BCUT2D eigenvalue weighted by Crippen LogP contribution is 2.23. The Labute approximate surface area is 150 Å². The van der Waals surface area contributed by atoms with Gasteiger partial charge in [-0.15, -0.1) is 0 Å². The Kier molecular flexibility index (Phi) is 5.46. The lowest BCUT2D eigenvalue weighted by molar-refractivity contribution is 0.0772. The second-order valence-electron chi connectivity index (χ2n) is 6.92. The van der Waals surface area contributed by atoms with Gasteiger partial charge in [-0.05, 0) is 30.5 Å². The summed E-state index contributed by atoms with van der Waals surface area (Å²) in [7, 11) is -3.32. The Balaban J connectivity index is 1.78. The predicted molar refractivity (Wildman–Crippen MR) is 97.7 cm³/mol. The van der Waals surface area contributed by atoms with Crippen LogP contribution < -0.4 is 5.32 Å². The van der Waals surface area contributed by atoms with E-state index in [1.807, 2.05) is 11.8 Å². The first-order valence-corrected chi connectivity index (χ1v) is 10.9. The molecule has 1 aromatic carbocycles. The molecule has 0 saturated carbocycles. The molecule has 0 bridgehead atoms. The molecular weight excluding hydrogens is 338 g/mol. The minimum absolute atomic E-state index is 0.0417. The van der Waals surface area contributed by atoms with Crippen molar-refractivity contribution in [1.29, 1.82) is 0 Å². The fourth-order valence-corrected chi connectivity index (χ4v) is 4.38. The second-order valence-corrected chi connectivity index (χ2v) is 8.94. The predicted octanol–water partition coefficient (Wildman–Crippen LogP) is 0.772. The van der Waals surface area contributed by atoms with Crippen LogP contribution in [0.3, 0.4) is 0 Å². The average Bonchev–Trinajstić information content (AvgIpc) is 3.10. The third-order valence-electron chi connectivity index (χ3n) is 5.24. The summed E-state index contributed by atoms with van der Waals surface area (Å²) in [6, 6.07) is 5.33. The number of carbonyl (C=O) groups excluding carboxylic acids is 1. The van der Waals surface area contributed by atoms with Crippen molar-refractivity contribution >= 4 is 15.7 Å². The number of likely N-dealkylation sites (tertiary alicyclic amines) is 1. The van der Waals surface area contributed by atoms with Crippen LogP contribution in [0.5, 0.6) is 0 Å². The van der Waals surface area contributed by atoms with Gasteiger partial charge in [-0.3, -0.25) is 9.69 Å². The lowest BCUT2D eigenvalue weighted by Gasteiger charge is -2.32. The maximum atomic E-state index is 13.0. The molecule has 2 heterocycles. The molecule has 0 radical (unpaired) electrons. The largest absolute Gasteiger partial charge is 0.337 e. The van der Waals surface area contributed by atoms with E-state index in [0.717, 1.165) is 51.3 Å². The van der Waals surface area contributed by atoms with Crippen molar-refractivity contribution in [2.45, 2.75) is 30.7 Å². The summed E-state index contributed by atoms with van der Waals surface area (Å²) in [5.74, 6) is -0.0417. The number of nitrogens with one attached hydrogen (secondary N) is 1. The van der Waals surface area contributed by atoms with Gasteiger partial charge in [0.25, 0.3) is 5.91 Å². The van der Waals surface area contributed by atoms with Crippen LogP contribution in [0, 0.1) is 0 Å². The van der Waals surface area contributed by atoms with Crippen LogP contribution in [-0.4, -0.2) is 75.7 Å². The Morgan fingerprint density at radius 3 is 2.60 bits per heavy atom. The van der Waals surface area contributed by atoms with Crippen LogP contribution in [0.1, 0.15) is 29.3 Å². The normalized spacial score (nSPS) is 22.3. The Morgan fingerprint density at radius 1 is 1.24 bits per heavy atom. The lowest BCUT2D eigenvalue weighted by atomic mass is 10.0. The first-order chi connectivity index (χ1) is 11.9. The van der Waals surface area contributed by atoms with Crippen molar-refractivity contribution in [1.82, 2.24) is 15.1 Å². The van der Waals surface area contributed by atoms with E-state index in [9.17, 15) is 13.2 Å². The van der Waals surface area contributed by atoms with Crippen molar-refractivity contribution in [2.75, 3.05) is 45.5 Å². The molecule has 1 aromatic rings. The minimum atomic E-state index is -3.32. The van der Waals surface area contributed by atoms with Crippen LogP contribution in [0.2, 0.25) is 0 Å². The fourth-order valence-electron chi connectivity index (χ4n) is 3.74. The van der Waals surface area contributed by atoms with E-state index in [1.54, 1.807) is 18.2 Å². The van der Waals surface area contributed by atoms with Gasteiger partial charge >= 0.3 is 0 Å². The van der Waals surface area contributed by atoms with Crippen LogP contribution in [0.25, 0.3) is 0 Å². The molecule has 1 amide bonds. The number of carbonyl (C=O) groups is 1. The average molecular weight is 365 g/mol. The van der Waals surface area contributed by atoms with Crippen molar-refractivity contribution < 1.29 is 13.2 Å². The summed E-state index contributed by atoms with van der Waals surface area (Å²) in [6.45, 7) is 7.50. The third kappa shape index (κ3) is 4.04. The maximum absolute atomic E-state index is 13.0. The molecule has 0 aliphatic carbocycles. The van der Waals surface area contributed by atoms with Gasteiger partial charge in [0.05, 0.1) is 4.90 Å². The van der Waals surface area contributed by atoms with E-state index in [2.05, 4.69) is 10.2 Å². The molecule has 1 N–H and O–H groups in total. The Bertz CT molecular complexity index is 742. The third-order valence-corrected chi connectivity index (χ3v) is 6.35. The van der Waals surface area contributed by atoms with Crippen molar-refractivity contribution in [3.8, 4) is 0 Å². The van der Waals surface area contributed by atoms with Crippen LogP contribution >= 0.6 is 0 Å². The summed E-state index contributed by atoms with van der Waals surface area (Å²) >= 11 is 0. The Hall–Kier alpha value is -1.44. The minimum Gasteiger partial charge on any atom is -0.337 e. The summed E-state index contributed by atoms with van der Waals surface area (Å²) in [4.78, 5) is 17.6. The standard InChI is InChI=1S/C18H27N3O3S/c1-3-14-4-5-16(25(2,23)24)12-17(14)18(22)21-9-6-15(13-21)20-10-7-19-8-11-20/h4-5,12,15,19H,3,6-11,13H2,1-2H3. The number of rotatable bonds is 4. The van der Waals surface area contributed by atoms with E-state index in [-0.39, 0.29) is 10.8 Å². The van der Waals surface area contributed by atoms with Gasteiger partial charge in [-0.2, -0.15) is 0 Å². The van der Waals surface area contributed by atoms with Crippen LogP contribution in [-0.2, 0) is 16.3 Å². The number of piperazine rings is 1. The molecule has 1 atom stereocenters. The molecule has 25 heavy (non-hydrogen) atoms. The highest BCUT2D eigenvalue weighted by Gasteiger charge is 2.32. The smallest absolute Gasteiger partial charge is 0.254 e. The molecular formula is C18H27N3O3S. The molecule has 3 rings (SSSR count). The lowest BCUT2D eigenvalue weighted by Crippen LogP contribution is -2.49. The van der Waals surface area contributed by atoms with E-state index in [1.165, 1.54) is 6.26 Å². The van der Waals surface area contributed by atoms with Crippen molar-refractivity contribution in [2.24, 2.45) is 0 Å².